The fraction of sp³-hybridized carbons (Fsp3) is 0.455. The molecule has 1 aliphatic heterocycles. The van der Waals surface area contributed by atoms with Gasteiger partial charge in [0.1, 0.15) is 11.6 Å². The second-order valence-electron chi connectivity index (χ2n) is 4.37. The molecule has 0 aromatic carbocycles. The van der Waals surface area contributed by atoms with E-state index < -0.39 is 0 Å². The molecule has 0 bridgehead atoms. The number of aryl methyl sites for hydroxylation is 2. The fourth-order valence-electron chi connectivity index (χ4n) is 2.13. The monoisotopic (exact) mass is 263 g/mol. The molecule has 0 amide bonds. The predicted octanol–water partition coefficient (Wildman–Crippen LogP) is 0.801. The molecule has 0 saturated heterocycles. The van der Waals surface area contributed by atoms with Crippen LogP contribution in [-0.2, 0) is 13.0 Å². The van der Waals surface area contributed by atoms with Gasteiger partial charge in [-0.25, -0.2) is 9.97 Å². The minimum Gasteiger partial charge on any atom is -0.342 e. The first-order valence-electron chi connectivity index (χ1n) is 5.77. The Kier molecular flexibility index (Phi) is 2.62. The molecule has 0 fully saturated rings. The van der Waals surface area contributed by atoms with Crippen LogP contribution >= 0.6 is 11.5 Å². The normalized spacial score (nSPS) is 14.7. The van der Waals surface area contributed by atoms with Crippen molar-refractivity contribution in [3.05, 3.63) is 33.3 Å². The van der Waals surface area contributed by atoms with Crippen LogP contribution in [0.4, 0.5) is 5.13 Å². The highest BCUT2D eigenvalue weighted by Gasteiger charge is 2.22. The van der Waals surface area contributed by atoms with Gasteiger partial charge in [-0.2, -0.15) is 4.37 Å². The Morgan fingerprint density at radius 2 is 2.17 bits per heavy atom. The van der Waals surface area contributed by atoms with Crippen molar-refractivity contribution < 1.29 is 0 Å². The van der Waals surface area contributed by atoms with Crippen LogP contribution in [0.2, 0.25) is 0 Å². The van der Waals surface area contributed by atoms with Crippen molar-refractivity contribution >= 4 is 16.7 Å². The van der Waals surface area contributed by atoms with E-state index in [0.29, 0.717) is 12.4 Å². The molecule has 0 aliphatic carbocycles. The predicted molar refractivity (Wildman–Crippen MR) is 69.0 cm³/mol. The molecular formula is C11H13N5OS. The van der Waals surface area contributed by atoms with Gasteiger partial charge in [0.15, 0.2) is 0 Å². The molecule has 3 heterocycles. The molecule has 0 atom stereocenters. The highest BCUT2D eigenvalue weighted by molar-refractivity contribution is 7.09. The summed E-state index contributed by atoms with van der Waals surface area (Å²) < 4.78 is 4.17. The Labute approximate surface area is 108 Å². The molecule has 0 saturated carbocycles. The summed E-state index contributed by atoms with van der Waals surface area (Å²) >= 11 is 1.37. The lowest BCUT2D eigenvalue weighted by molar-refractivity contribution is 0.689. The summed E-state index contributed by atoms with van der Waals surface area (Å²) in [6.07, 6.45) is 0.777. The molecular weight excluding hydrogens is 250 g/mol. The average Bonchev–Trinajstić information content (AvgIpc) is 2.75. The van der Waals surface area contributed by atoms with Crippen molar-refractivity contribution in [2.45, 2.75) is 26.8 Å². The van der Waals surface area contributed by atoms with E-state index in [1.54, 1.807) is 0 Å². The molecule has 18 heavy (non-hydrogen) atoms. The van der Waals surface area contributed by atoms with Gasteiger partial charge in [-0.3, -0.25) is 4.79 Å². The Hall–Kier alpha value is -1.76. The van der Waals surface area contributed by atoms with Gasteiger partial charge in [0.2, 0.25) is 5.13 Å². The number of H-pyrrole nitrogens is 1. The van der Waals surface area contributed by atoms with Gasteiger partial charge in [0.25, 0.3) is 5.56 Å². The van der Waals surface area contributed by atoms with Crippen LogP contribution in [0.1, 0.15) is 22.9 Å². The molecule has 94 valence electrons. The maximum absolute atomic E-state index is 11.9. The summed E-state index contributed by atoms with van der Waals surface area (Å²) in [6.45, 7) is 5.07. The summed E-state index contributed by atoms with van der Waals surface area (Å²) in [5, 5.41) is 0.873. The lowest BCUT2D eigenvalue weighted by Gasteiger charge is -2.26. The van der Waals surface area contributed by atoms with Crippen molar-refractivity contribution in [2.24, 2.45) is 0 Å². The molecule has 0 spiro atoms. The van der Waals surface area contributed by atoms with Crippen LogP contribution < -0.4 is 10.5 Å². The zero-order valence-corrected chi connectivity index (χ0v) is 11.0. The van der Waals surface area contributed by atoms with Gasteiger partial charge < -0.3 is 9.88 Å². The highest BCUT2D eigenvalue weighted by Crippen LogP contribution is 2.23. The average molecular weight is 263 g/mol. The summed E-state index contributed by atoms with van der Waals surface area (Å²) in [7, 11) is 0. The van der Waals surface area contributed by atoms with Crippen molar-refractivity contribution in [1.82, 2.24) is 19.3 Å². The minimum atomic E-state index is -0.0385. The number of hydrogen-bond donors (Lipinski definition) is 1. The van der Waals surface area contributed by atoms with Crippen LogP contribution in [0, 0.1) is 13.8 Å². The van der Waals surface area contributed by atoms with E-state index in [4.69, 9.17) is 0 Å². The topological polar surface area (TPSA) is 74.8 Å². The largest absolute Gasteiger partial charge is 0.342 e. The first-order valence-corrected chi connectivity index (χ1v) is 6.55. The lowest BCUT2D eigenvalue weighted by Crippen LogP contribution is -2.35. The number of nitrogens with one attached hydrogen (secondary N) is 1. The van der Waals surface area contributed by atoms with E-state index in [0.717, 1.165) is 35.2 Å². The number of rotatable bonds is 1. The van der Waals surface area contributed by atoms with E-state index in [-0.39, 0.29) is 5.56 Å². The van der Waals surface area contributed by atoms with E-state index in [2.05, 4.69) is 24.2 Å². The maximum atomic E-state index is 11.9. The quantitative estimate of drug-likeness (QED) is 0.823. The molecule has 0 radical (unpaired) electrons. The SMILES string of the molecule is Cc1nsc(N2CCc3nc(C)[nH]c(=O)c3C2)n1. The van der Waals surface area contributed by atoms with Crippen LogP contribution in [0.25, 0.3) is 0 Å². The zero-order chi connectivity index (χ0) is 12.7. The number of nitrogens with zero attached hydrogens (tertiary/aromatic N) is 4. The third-order valence-electron chi connectivity index (χ3n) is 2.97. The zero-order valence-electron chi connectivity index (χ0n) is 10.2. The van der Waals surface area contributed by atoms with Crippen molar-refractivity contribution in [1.29, 1.82) is 0 Å². The van der Waals surface area contributed by atoms with Gasteiger partial charge in [0.05, 0.1) is 17.8 Å². The summed E-state index contributed by atoms with van der Waals surface area (Å²) in [6, 6.07) is 0. The standard InChI is InChI=1S/C11H13N5OS/c1-6-12-9-3-4-16(5-8(9)10(17)13-6)11-14-7(2)15-18-11/h3-5H2,1-2H3,(H,12,13,17). The van der Waals surface area contributed by atoms with Crippen LogP contribution in [0.3, 0.4) is 0 Å². The van der Waals surface area contributed by atoms with Crippen LogP contribution in [0.15, 0.2) is 4.79 Å². The third-order valence-corrected chi connectivity index (χ3v) is 3.84. The first kappa shape index (κ1) is 11.3. The number of anilines is 1. The second-order valence-corrected chi connectivity index (χ2v) is 5.10. The van der Waals surface area contributed by atoms with E-state index in [1.165, 1.54) is 11.5 Å². The van der Waals surface area contributed by atoms with Gasteiger partial charge >= 0.3 is 0 Å². The Morgan fingerprint density at radius 3 is 2.89 bits per heavy atom. The van der Waals surface area contributed by atoms with Gasteiger partial charge in [-0.1, -0.05) is 0 Å². The smallest absolute Gasteiger partial charge is 0.256 e. The van der Waals surface area contributed by atoms with Crippen LogP contribution in [0.5, 0.6) is 0 Å². The van der Waals surface area contributed by atoms with Crippen molar-refractivity contribution in [3.8, 4) is 0 Å². The highest BCUT2D eigenvalue weighted by atomic mass is 32.1. The minimum absolute atomic E-state index is 0.0385. The molecule has 0 unspecified atom stereocenters. The number of fused-ring (bicyclic) bond motifs is 1. The first-order chi connectivity index (χ1) is 8.63. The van der Waals surface area contributed by atoms with Crippen molar-refractivity contribution in [3.63, 3.8) is 0 Å². The summed E-state index contributed by atoms with van der Waals surface area (Å²) in [4.78, 5) is 25.5. The summed E-state index contributed by atoms with van der Waals surface area (Å²) in [5.74, 6) is 1.45. The van der Waals surface area contributed by atoms with E-state index >= 15 is 0 Å². The van der Waals surface area contributed by atoms with Crippen molar-refractivity contribution in [2.75, 3.05) is 11.4 Å². The lowest BCUT2D eigenvalue weighted by atomic mass is 10.1. The molecule has 1 aliphatic rings. The van der Waals surface area contributed by atoms with Gasteiger partial charge in [-0.15, -0.1) is 0 Å². The van der Waals surface area contributed by atoms with E-state index in [9.17, 15) is 4.79 Å². The third kappa shape index (κ3) is 1.90. The number of hydrogen-bond acceptors (Lipinski definition) is 6. The second kappa shape index (κ2) is 4.16. The van der Waals surface area contributed by atoms with E-state index in [1.807, 2.05) is 13.8 Å². The molecule has 2 aromatic heterocycles. The van der Waals surface area contributed by atoms with Gasteiger partial charge in [0, 0.05) is 24.5 Å². The number of aromatic amines is 1. The maximum Gasteiger partial charge on any atom is 0.256 e. The summed E-state index contributed by atoms with van der Waals surface area (Å²) in [5.41, 5.74) is 1.62. The van der Waals surface area contributed by atoms with Crippen LogP contribution in [-0.4, -0.2) is 25.9 Å². The molecule has 7 heteroatoms. The molecule has 2 aromatic rings. The fourth-order valence-corrected chi connectivity index (χ4v) is 2.83. The molecule has 1 N–H and O–H groups in total. The van der Waals surface area contributed by atoms with Gasteiger partial charge in [-0.05, 0) is 13.8 Å². The Balaban J connectivity index is 1.96. The Morgan fingerprint density at radius 1 is 1.33 bits per heavy atom. The number of aromatic nitrogens is 4. The molecule has 6 nitrogen and oxygen atoms in total. The molecule has 3 rings (SSSR count). The Bertz CT molecular complexity index is 647.